The van der Waals surface area contributed by atoms with Gasteiger partial charge in [-0.3, -0.25) is 9.78 Å². The van der Waals surface area contributed by atoms with Crippen molar-refractivity contribution >= 4 is 23.4 Å². The number of amides is 1. The van der Waals surface area contributed by atoms with E-state index >= 15 is 0 Å². The van der Waals surface area contributed by atoms with Crippen molar-refractivity contribution in [2.24, 2.45) is 0 Å². The number of nitrogens with zero attached hydrogens (tertiary/aromatic N) is 6. The van der Waals surface area contributed by atoms with E-state index in [0.717, 1.165) is 17.2 Å². The molecular weight excluding hydrogens is 533 g/mol. The molecule has 0 fully saturated rings. The highest BCUT2D eigenvalue weighted by atomic mass is 19.4. The fraction of sp³-hybridized carbons (Fsp3) is 0.138. The van der Waals surface area contributed by atoms with Gasteiger partial charge in [-0.05, 0) is 48.4 Å². The molecule has 0 aliphatic carbocycles. The van der Waals surface area contributed by atoms with Crippen LogP contribution in [0.25, 0.3) is 11.3 Å². The Morgan fingerprint density at radius 1 is 0.976 bits per heavy atom. The predicted molar refractivity (Wildman–Crippen MR) is 149 cm³/mol. The molecule has 3 aromatic heterocycles. The van der Waals surface area contributed by atoms with Gasteiger partial charge in [0.15, 0.2) is 0 Å². The maximum atomic E-state index is 13.9. The summed E-state index contributed by atoms with van der Waals surface area (Å²) in [5.41, 5.74) is 1.82. The summed E-state index contributed by atoms with van der Waals surface area (Å²) in [6, 6.07) is 10.6. The third-order valence-electron chi connectivity index (χ3n) is 6.22. The van der Waals surface area contributed by atoms with Gasteiger partial charge < -0.3 is 20.4 Å². The second kappa shape index (κ2) is 11.5. The van der Waals surface area contributed by atoms with Crippen LogP contribution in [-0.2, 0) is 12.7 Å². The molecule has 41 heavy (non-hydrogen) atoms. The van der Waals surface area contributed by atoms with Crippen LogP contribution in [0.5, 0.6) is 0 Å². The third-order valence-corrected chi connectivity index (χ3v) is 6.22. The molecule has 5 rings (SSSR count). The zero-order chi connectivity index (χ0) is 29.0. The Kier molecular flexibility index (Phi) is 7.64. The van der Waals surface area contributed by atoms with E-state index in [4.69, 9.17) is 0 Å². The number of nitrogens with one attached hydrogen (secondary N) is 2. The van der Waals surface area contributed by atoms with Crippen LogP contribution in [0.2, 0.25) is 0 Å². The first-order valence-electron chi connectivity index (χ1n) is 12.5. The van der Waals surface area contributed by atoms with E-state index in [1.165, 1.54) is 18.3 Å². The fourth-order valence-electron chi connectivity index (χ4n) is 4.03. The van der Waals surface area contributed by atoms with Crippen molar-refractivity contribution in [2.75, 3.05) is 17.7 Å². The SMILES string of the molecule is Cc1cnc(NC(=O)c2ccc(CN3C=CN(C)C=C3)c(C(F)(F)F)c2)cc1Nc1nccc(-c2cccnc2)n1. The smallest absolute Gasteiger partial charge is 0.354 e. The van der Waals surface area contributed by atoms with Gasteiger partial charge in [0, 0.05) is 86.1 Å². The Bertz CT molecular complexity index is 1610. The number of pyridine rings is 2. The summed E-state index contributed by atoms with van der Waals surface area (Å²) in [5, 5.41) is 5.70. The number of carbonyl (C=O) groups is 1. The van der Waals surface area contributed by atoms with Crippen LogP contribution in [0.15, 0.2) is 92.1 Å². The number of hydrogen-bond donors (Lipinski definition) is 2. The van der Waals surface area contributed by atoms with Gasteiger partial charge >= 0.3 is 6.18 Å². The molecule has 0 radical (unpaired) electrons. The molecule has 4 aromatic rings. The van der Waals surface area contributed by atoms with Crippen LogP contribution < -0.4 is 10.6 Å². The fourth-order valence-corrected chi connectivity index (χ4v) is 4.03. The summed E-state index contributed by atoms with van der Waals surface area (Å²) in [7, 11) is 1.82. The van der Waals surface area contributed by atoms with E-state index in [1.807, 2.05) is 20.0 Å². The van der Waals surface area contributed by atoms with Crippen LogP contribution in [0, 0.1) is 6.92 Å². The van der Waals surface area contributed by atoms with Gasteiger partial charge in [-0.2, -0.15) is 13.2 Å². The number of hydrogen-bond acceptors (Lipinski definition) is 8. The molecule has 208 valence electrons. The van der Waals surface area contributed by atoms with Gasteiger partial charge in [-0.1, -0.05) is 6.07 Å². The van der Waals surface area contributed by atoms with E-state index in [1.54, 1.807) is 71.4 Å². The second-order valence-corrected chi connectivity index (χ2v) is 9.27. The van der Waals surface area contributed by atoms with E-state index in [0.29, 0.717) is 17.3 Å². The molecule has 0 saturated heterocycles. The molecule has 0 atom stereocenters. The number of aromatic nitrogens is 4. The quantitative estimate of drug-likeness (QED) is 0.287. The first kappa shape index (κ1) is 27.3. The summed E-state index contributed by atoms with van der Waals surface area (Å²) in [5.74, 6) is -0.260. The minimum atomic E-state index is -4.64. The highest BCUT2D eigenvalue weighted by Crippen LogP contribution is 2.34. The molecule has 4 heterocycles. The largest absolute Gasteiger partial charge is 0.416 e. The zero-order valence-electron chi connectivity index (χ0n) is 22.1. The Balaban J connectivity index is 1.34. The maximum absolute atomic E-state index is 13.9. The lowest BCUT2D eigenvalue weighted by atomic mass is 10.0. The Labute approximate surface area is 234 Å². The third kappa shape index (κ3) is 6.67. The van der Waals surface area contributed by atoms with E-state index in [-0.39, 0.29) is 23.5 Å². The van der Waals surface area contributed by atoms with Crippen LogP contribution in [0.1, 0.15) is 27.0 Å². The topological polar surface area (TPSA) is 99.2 Å². The zero-order valence-corrected chi connectivity index (χ0v) is 22.1. The number of benzene rings is 1. The molecule has 0 bridgehead atoms. The number of carbonyl (C=O) groups excluding carboxylic acids is 1. The Morgan fingerprint density at radius 2 is 1.78 bits per heavy atom. The number of halogens is 3. The van der Waals surface area contributed by atoms with Crippen LogP contribution in [0.4, 0.5) is 30.6 Å². The van der Waals surface area contributed by atoms with E-state index < -0.39 is 17.6 Å². The molecule has 9 nitrogen and oxygen atoms in total. The van der Waals surface area contributed by atoms with Gasteiger partial charge in [0.1, 0.15) is 5.82 Å². The molecule has 1 amide bonds. The van der Waals surface area contributed by atoms with Gasteiger partial charge in [0.05, 0.1) is 11.3 Å². The second-order valence-electron chi connectivity index (χ2n) is 9.27. The minimum Gasteiger partial charge on any atom is -0.354 e. The van der Waals surface area contributed by atoms with Gasteiger partial charge in [0.2, 0.25) is 5.95 Å². The lowest BCUT2D eigenvalue weighted by Gasteiger charge is -2.24. The average molecular weight is 559 g/mol. The summed E-state index contributed by atoms with van der Waals surface area (Å²) in [4.78, 5) is 33.5. The normalized spacial score (nSPS) is 12.9. The molecule has 0 saturated carbocycles. The number of aryl methyl sites for hydroxylation is 1. The molecule has 12 heteroatoms. The highest BCUT2D eigenvalue weighted by Gasteiger charge is 2.34. The first-order chi connectivity index (χ1) is 19.7. The minimum absolute atomic E-state index is 0.00378. The van der Waals surface area contributed by atoms with Crippen molar-refractivity contribution in [2.45, 2.75) is 19.6 Å². The average Bonchev–Trinajstić information content (AvgIpc) is 2.96. The van der Waals surface area contributed by atoms with Crippen LogP contribution in [0.3, 0.4) is 0 Å². The Morgan fingerprint density at radius 3 is 2.51 bits per heavy atom. The monoisotopic (exact) mass is 558 g/mol. The van der Waals surface area contributed by atoms with E-state index in [9.17, 15) is 18.0 Å². The van der Waals surface area contributed by atoms with Gasteiger partial charge in [0.25, 0.3) is 5.91 Å². The molecule has 2 N–H and O–H groups in total. The van der Waals surface area contributed by atoms with Crippen LogP contribution in [-0.4, -0.2) is 42.7 Å². The standard InChI is InChI=1S/C29H25F3N8O/c1-19-16-35-26(15-25(19)37-28-34-9-7-24(36-28)21-4-3-8-33-17-21)38-27(41)20-5-6-22(23(14-20)29(30,31)32)18-40-12-10-39(2)11-13-40/h3-17H,18H2,1-2H3,(H2,34,35,36,37,38,41). The Hall–Kier alpha value is -5.26. The van der Waals surface area contributed by atoms with Crippen molar-refractivity contribution in [1.29, 1.82) is 0 Å². The van der Waals surface area contributed by atoms with Crippen molar-refractivity contribution in [3.63, 3.8) is 0 Å². The number of anilines is 3. The molecule has 1 aromatic carbocycles. The molecule has 0 unspecified atom stereocenters. The van der Waals surface area contributed by atoms with Crippen molar-refractivity contribution in [3.05, 3.63) is 114 Å². The molecule has 1 aliphatic heterocycles. The summed E-state index contributed by atoms with van der Waals surface area (Å²) >= 11 is 0. The summed E-state index contributed by atoms with van der Waals surface area (Å²) in [6.07, 6.45) is 8.67. The number of rotatable bonds is 7. The molecule has 0 spiro atoms. The summed E-state index contributed by atoms with van der Waals surface area (Å²) < 4.78 is 41.8. The molecule has 1 aliphatic rings. The van der Waals surface area contributed by atoms with Gasteiger partial charge in [-0.25, -0.2) is 15.0 Å². The highest BCUT2D eigenvalue weighted by molar-refractivity contribution is 6.04. The lowest BCUT2D eigenvalue weighted by Crippen LogP contribution is -2.20. The van der Waals surface area contributed by atoms with Crippen LogP contribution >= 0.6 is 0 Å². The van der Waals surface area contributed by atoms with Crippen molar-refractivity contribution < 1.29 is 18.0 Å². The first-order valence-corrected chi connectivity index (χ1v) is 12.5. The van der Waals surface area contributed by atoms with E-state index in [2.05, 4.69) is 30.6 Å². The number of alkyl halides is 3. The van der Waals surface area contributed by atoms with Gasteiger partial charge in [-0.15, -0.1) is 0 Å². The lowest BCUT2D eigenvalue weighted by molar-refractivity contribution is -0.138. The van der Waals surface area contributed by atoms with Crippen molar-refractivity contribution in [1.82, 2.24) is 29.7 Å². The predicted octanol–water partition coefficient (Wildman–Crippen LogP) is 5.95. The summed E-state index contributed by atoms with van der Waals surface area (Å²) in [6.45, 7) is 1.81. The molecular formula is C29H25F3N8O. The van der Waals surface area contributed by atoms with Crippen molar-refractivity contribution in [3.8, 4) is 11.3 Å². The maximum Gasteiger partial charge on any atom is 0.416 e.